The summed E-state index contributed by atoms with van der Waals surface area (Å²) in [5.41, 5.74) is 0.293. The zero-order valence-corrected chi connectivity index (χ0v) is 12.8. The van der Waals surface area contributed by atoms with Gasteiger partial charge in [-0.25, -0.2) is 9.78 Å². The number of aryl methyl sites for hydroxylation is 1. The first-order chi connectivity index (χ1) is 11.9. The molecule has 10 nitrogen and oxygen atoms in total. The van der Waals surface area contributed by atoms with Crippen molar-refractivity contribution < 1.29 is 19.9 Å². The van der Waals surface area contributed by atoms with Crippen LogP contribution in [-0.2, 0) is 0 Å². The summed E-state index contributed by atoms with van der Waals surface area (Å²) in [6.07, 6.45) is 0. The molecule has 0 saturated heterocycles. The number of carboxylic acid groups (broad SMARTS) is 1. The number of hydrogen-bond acceptors (Lipinski definition) is 7. The Balaban J connectivity index is 2.16. The number of azo groups is 1. The first-order valence-corrected chi connectivity index (χ1v) is 6.99. The summed E-state index contributed by atoms with van der Waals surface area (Å²) in [7, 11) is 0. The molecule has 0 radical (unpaired) electrons. The van der Waals surface area contributed by atoms with Crippen LogP contribution in [0.1, 0.15) is 16.2 Å². The summed E-state index contributed by atoms with van der Waals surface area (Å²) in [5, 5.41) is 37.5. The third-order valence-electron chi connectivity index (χ3n) is 3.44. The lowest BCUT2D eigenvalue weighted by atomic mass is 10.2. The fourth-order valence-corrected chi connectivity index (χ4v) is 2.28. The van der Waals surface area contributed by atoms with Crippen LogP contribution >= 0.6 is 0 Å². The number of rotatable bonds is 4. The molecule has 10 heteroatoms. The van der Waals surface area contributed by atoms with Crippen LogP contribution in [0.3, 0.4) is 0 Å². The number of aromatic hydroxyl groups is 1. The molecule has 25 heavy (non-hydrogen) atoms. The van der Waals surface area contributed by atoms with E-state index in [4.69, 9.17) is 0 Å². The number of carbonyl (C=O) groups is 1. The molecule has 0 saturated carbocycles. The molecule has 0 unspecified atom stereocenters. The molecule has 2 aromatic heterocycles. The van der Waals surface area contributed by atoms with Gasteiger partial charge in [-0.15, -0.1) is 10.2 Å². The van der Waals surface area contributed by atoms with Crippen LogP contribution < -0.4 is 0 Å². The van der Waals surface area contributed by atoms with Gasteiger partial charge in [-0.1, -0.05) is 6.07 Å². The summed E-state index contributed by atoms with van der Waals surface area (Å²) < 4.78 is 1.49. The van der Waals surface area contributed by atoms with Crippen molar-refractivity contribution in [2.75, 3.05) is 0 Å². The van der Waals surface area contributed by atoms with Gasteiger partial charge in [-0.2, -0.15) is 0 Å². The smallest absolute Gasteiger partial charge is 0.358 e. The molecule has 3 aromatic rings. The van der Waals surface area contributed by atoms with Gasteiger partial charge in [-0.05, 0) is 25.1 Å². The van der Waals surface area contributed by atoms with E-state index in [-0.39, 0.29) is 28.6 Å². The molecular formula is C15H11N5O5. The fraction of sp³-hybridized carbons (Fsp3) is 0.0667. The first-order valence-electron chi connectivity index (χ1n) is 6.99. The lowest BCUT2D eigenvalue weighted by Crippen LogP contribution is -1.97. The van der Waals surface area contributed by atoms with E-state index < -0.39 is 10.9 Å². The number of hydrogen-bond donors (Lipinski definition) is 2. The van der Waals surface area contributed by atoms with E-state index in [0.29, 0.717) is 11.3 Å². The predicted molar refractivity (Wildman–Crippen MR) is 85.8 cm³/mol. The highest BCUT2D eigenvalue weighted by molar-refractivity contribution is 5.91. The molecule has 0 spiro atoms. The molecule has 2 N–H and O–H groups in total. The average molecular weight is 341 g/mol. The van der Waals surface area contributed by atoms with Crippen molar-refractivity contribution >= 4 is 28.8 Å². The lowest BCUT2D eigenvalue weighted by molar-refractivity contribution is -0.384. The number of phenols is 1. The molecule has 126 valence electrons. The number of nitrogens with zero attached hydrogens (tertiary/aromatic N) is 5. The molecule has 0 fully saturated rings. The molecule has 0 amide bonds. The number of carboxylic acids is 1. The summed E-state index contributed by atoms with van der Waals surface area (Å²) in [4.78, 5) is 25.6. The number of non-ortho nitro benzene ring substituents is 1. The van der Waals surface area contributed by atoms with Crippen molar-refractivity contribution in [1.29, 1.82) is 0 Å². The number of imidazole rings is 1. The quantitative estimate of drug-likeness (QED) is 0.423. The number of nitro groups is 1. The topological polar surface area (TPSA) is 143 Å². The van der Waals surface area contributed by atoms with Crippen LogP contribution in [0, 0.1) is 17.0 Å². The Bertz CT molecular complexity index is 1040. The van der Waals surface area contributed by atoms with Gasteiger partial charge in [-0.3, -0.25) is 14.5 Å². The summed E-state index contributed by atoms with van der Waals surface area (Å²) >= 11 is 0. The number of pyridine rings is 1. The van der Waals surface area contributed by atoms with Gasteiger partial charge >= 0.3 is 5.97 Å². The number of benzene rings is 1. The van der Waals surface area contributed by atoms with Crippen LogP contribution in [0.5, 0.6) is 5.75 Å². The van der Waals surface area contributed by atoms with Gasteiger partial charge in [0.2, 0.25) is 0 Å². The predicted octanol–water partition coefficient (Wildman–Crippen LogP) is 3.37. The van der Waals surface area contributed by atoms with Crippen molar-refractivity contribution in [3.05, 3.63) is 57.9 Å². The van der Waals surface area contributed by atoms with E-state index in [1.807, 2.05) is 0 Å². The zero-order valence-electron chi connectivity index (χ0n) is 12.8. The minimum atomic E-state index is -1.29. The Kier molecular flexibility index (Phi) is 3.85. The molecule has 2 heterocycles. The number of nitro benzene ring substituents is 1. The molecule has 0 bridgehead atoms. The third-order valence-corrected chi connectivity index (χ3v) is 3.44. The van der Waals surface area contributed by atoms with Crippen LogP contribution in [0.4, 0.5) is 17.2 Å². The second kappa shape index (κ2) is 6.00. The van der Waals surface area contributed by atoms with E-state index in [1.54, 1.807) is 25.1 Å². The summed E-state index contributed by atoms with van der Waals surface area (Å²) in [5.74, 6) is -1.66. The van der Waals surface area contributed by atoms with Crippen molar-refractivity contribution in [1.82, 2.24) is 9.38 Å². The third kappa shape index (κ3) is 2.87. The van der Waals surface area contributed by atoms with E-state index in [1.165, 1.54) is 4.40 Å². The highest BCUT2D eigenvalue weighted by atomic mass is 16.6. The SMILES string of the molecule is Cc1cccc2nc(C(=O)O)c(N=Nc3cc([N+](=O)[O-])ccc3O)n12. The number of phenolic OH excluding ortho intramolecular Hbond substituents is 1. The second-order valence-electron chi connectivity index (χ2n) is 5.08. The van der Waals surface area contributed by atoms with Gasteiger partial charge in [0.25, 0.3) is 5.69 Å². The lowest BCUT2D eigenvalue weighted by Gasteiger charge is -2.01. The van der Waals surface area contributed by atoms with Crippen molar-refractivity contribution in [3.63, 3.8) is 0 Å². The Hall–Kier alpha value is -3.82. The van der Waals surface area contributed by atoms with Crippen molar-refractivity contribution in [2.45, 2.75) is 6.92 Å². The maximum Gasteiger partial charge on any atom is 0.358 e. The Labute approximate surface area is 139 Å². The van der Waals surface area contributed by atoms with E-state index in [0.717, 1.165) is 18.2 Å². The molecule has 3 rings (SSSR count). The Morgan fingerprint density at radius 1 is 1.28 bits per heavy atom. The van der Waals surface area contributed by atoms with E-state index >= 15 is 0 Å². The normalized spacial score (nSPS) is 11.2. The van der Waals surface area contributed by atoms with Gasteiger partial charge in [0, 0.05) is 17.8 Å². The van der Waals surface area contributed by atoms with Gasteiger partial charge in [0.15, 0.2) is 11.5 Å². The Morgan fingerprint density at radius 2 is 2.04 bits per heavy atom. The highest BCUT2D eigenvalue weighted by Gasteiger charge is 2.19. The van der Waals surface area contributed by atoms with E-state index in [9.17, 15) is 25.1 Å². The van der Waals surface area contributed by atoms with Crippen LogP contribution in [0.15, 0.2) is 46.6 Å². The van der Waals surface area contributed by atoms with Crippen LogP contribution in [0.2, 0.25) is 0 Å². The minimum Gasteiger partial charge on any atom is -0.506 e. The first kappa shape index (κ1) is 16.1. The number of aromatic carboxylic acids is 1. The molecular weight excluding hydrogens is 330 g/mol. The fourth-order valence-electron chi connectivity index (χ4n) is 2.28. The Morgan fingerprint density at radius 3 is 2.72 bits per heavy atom. The zero-order chi connectivity index (χ0) is 18.1. The monoisotopic (exact) mass is 341 g/mol. The highest BCUT2D eigenvalue weighted by Crippen LogP contribution is 2.33. The number of fused-ring (bicyclic) bond motifs is 1. The van der Waals surface area contributed by atoms with Gasteiger partial charge in [0.05, 0.1) is 4.92 Å². The largest absolute Gasteiger partial charge is 0.506 e. The molecule has 1 aromatic carbocycles. The standard InChI is InChI=1S/C15H11N5O5/c1-8-3-2-4-12-16-13(15(22)23)14(19(8)12)18-17-10-7-9(20(24)25)5-6-11(10)21/h2-7,21H,1H3,(H,22,23). The van der Waals surface area contributed by atoms with Crippen molar-refractivity contribution in [2.24, 2.45) is 10.2 Å². The van der Waals surface area contributed by atoms with Gasteiger partial charge in [0.1, 0.15) is 17.1 Å². The van der Waals surface area contributed by atoms with Gasteiger partial charge < -0.3 is 10.2 Å². The van der Waals surface area contributed by atoms with Crippen LogP contribution in [-0.4, -0.2) is 30.5 Å². The van der Waals surface area contributed by atoms with Crippen molar-refractivity contribution in [3.8, 4) is 5.75 Å². The average Bonchev–Trinajstić information content (AvgIpc) is 2.94. The number of aromatic nitrogens is 2. The molecule has 0 aliphatic rings. The maximum atomic E-state index is 11.4. The molecule has 0 aliphatic carbocycles. The maximum absolute atomic E-state index is 11.4. The van der Waals surface area contributed by atoms with Crippen LogP contribution in [0.25, 0.3) is 5.65 Å². The minimum absolute atomic E-state index is 0.0495. The van der Waals surface area contributed by atoms with E-state index in [2.05, 4.69) is 15.2 Å². The molecule has 0 atom stereocenters. The summed E-state index contributed by atoms with van der Waals surface area (Å²) in [6.45, 7) is 1.74. The second-order valence-corrected chi connectivity index (χ2v) is 5.08. The molecule has 0 aliphatic heterocycles. The summed E-state index contributed by atoms with van der Waals surface area (Å²) in [6, 6.07) is 8.35.